The Balaban J connectivity index is 1.73. The molecule has 0 aliphatic heterocycles. The second kappa shape index (κ2) is 10.4. The largest absolute Gasteiger partial charge is 0.491 e. The number of fused-ring (bicyclic) bond motifs is 1. The molecule has 0 bridgehead atoms. The van der Waals surface area contributed by atoms with Crippen molar-refractivity contribution in [1.82, 2.24) is 4.98 Å². The number of ether oxygens (including phenoxy) is 1. The fourth-order valence-electron chi connectivity index (χ4n) is 3.04. The number of benzene rings is 2. The molecule has 0 saturated heterocycles. The number of hydrogen-bond acceptors (Lipinski definition) is 4. The summed E-state index contributed by atoms with van der Waals surface area (Å²) in [5.74, 6) is 1.40. The van der Waals surface area contributed by atoms with Gasteiger partial charge in [0.2, 0.25) is 0 Å². The van der Waals surface area contributed by atoms with Crippen LogP contribution in [0, 0.1) is 0 Å². The van der Waals surface area contributed by atoms with Gasteiger partial charge in [-0.15, -0.1) is 10.2 Å². The van der Waals surface area contributed by atoms with Gasteiger partial charge in [0, 0.05) is 11.6 Å². The van der Waals surface area contributed by atoms with E-state index in [4.69, 9.17) is 4.74 Å². The zero-order valence-electron chi connectivity index (χ0n) is 16.0. The highest BCUT2D eigenvalue weighted by Crippen LogP contribution is 2.36. The van der Waals surface area contributed by atoms with Crippen molar-refractivity contribution < 1.29 is 4.74 Å². The summed E-state index contributed by atoms with van der Waals surface area (Å²) >= 11 is 0. The molecule has 0 unspecified atom stereocenters. The summed E-state index contributed by atoms with van der Waals surface area (Å²) in [6.45, 7) is 2.94. The van der Waals surface area contributed by atoms with Crippen molar-refractivity contribution in [2.45, 2.75) is 45.4 Å². The van der Waals surface area contributed by atoms with Crippen LogP contribution in [0.15, 0.2) is 71.0 Å². The molecule has 3 rings (SSSR count). The van der Waals surface area contributed by atoms with Crippen LogP contribution in [0.25, 0.3) is 10.8 Å². The van der Waals surface area contributed by atoms with Gasteiger partial charge in [-0.1, -0.05) is 75.4 Å². The van der Waals surface area contributed by atoms with Crippen LogP contribution in [0.5, 0.6) is 5.75 Å². The predicted octanol–water partition coefficient (Wildman–Crippen LogP) is 7.39. The molecule has 1 heterocycles. The Morgan fingerprint density at radius 1 is 0.815 bits per heavy atom. The van der Waals surface area contributed by atoms with Gasteiger partial charge in [-0.25, -0.2) is 4.98 Å². The van der Waals surface area contributed by atoms with Gasteiger partial charge < -0.3 is 4.74 Å². The number of unbranched alkanes of at least 4 members (excludes halogenated alkanes) is 5. The van der Waals surface area contributed by atoms with Crippen LogP contribution in [-0.4, -0.2) is 11.6 Å². The average Bonchev–Trinajstić information content (AvgIpc) is 2.73. The van der Waals surface area contributed by atoms with E-state index in [1.807, 2.05) is 36.4 Å². The van der Waals surface area contributed by atoms with Crippen molar-refractivity contribution in [3.8, 4) is 5.75 Å². The van der Waals surface area contributed by atoms with Crippen LogP contribution in [0.1, 0.15) is 45.4 Å². The molecule has 0 aliphatic rings. The summed E-state index contributed by atoms with van der Waals surface area (Å²) in [7, 11) is 0. The molecule has 0 atom stereocenters. The summed E-state index contributed by atoms with van der Waals surface area (Å²) < 4.78 is 6.17. The minimum absolute atomic E-state index is 0.590. The topological polar surface area (TPSA) is 46.8 Å². The SMILES string of the molecule is CCCCCCCCOc1c(N=Nc2ccccn2)ccc2ccccc12. The van der Waals surface area contributed by atoms with Gasteiger partial charge >= 0.3 is 0 Å². The maximum atomic E-state index is 6.17. The quantitative estimate of drug-likeness (QED) is 0.279. The molecule has 1 aromatic heterocycles. The van der Waals surface area contributed by atoms with Gasteiger partial charge in [-0.2, -0.15) is 0 Å². The van der Waals surface area contributed by atoms with Crippen molar-refractivity contribution in [1.29, 1.82) is 0 Å². The molecule has 27 heavy (non-hydrogen) atoms. The molecule has 0 fully saturated rings. The molecule has 0 aliphatic carbocycles. The van der Waals surface area contributed by atoms with Gasteiger partial charge in [-0.3, -0.25) is 0 Å². The Bertz CT molecular complexity index is 862. The lowest BCUT2D eigenvalue weighted by Crippen LogP contribution is -1.98. The smallest absolute Gasteiger partial charge is 0.174 e. The number of azo groups is 1. The summed E-state index contributed by atoms with van der Waals surface area (Å²) in [5.41, 5.74) is 0.741. The fourth-order valence-corrected chi connectivity index (χ4v) is 3.04. The first-order valence-corrected chi connectivity index (χ1v) is 9.86. The first-order valence-electron chi connectivity index (χ1n) is 9.86. The molecular formula is C23H27N3O. The lowest BCUT2D eigenvalue weighted by Gasteiger charge is -2.11. The number of rotatable bonds is 10. The molecule has 0 saturated carbocycles. The average molecular weight is 361 g/mol. The van der Waals surface area contributed by atoms with Gasteiger partial charge in [0.05, 0.1) is 6.61 Å². The van der Waals surface area contributed by atoms with E-state index in [2.05, 4.69) is 40.3 Å². The van der Waals surface area contributed by atoms with Crippen LogP contribution in [0.4, 0.5) is 11.5 Å². The highest BCUT2D eigenvalue weighted by molar-refractivity contribution is 5.92. The molecule has 0 spiro atoms. The molecule has 140 valence electrons. The molecule has 0 N–H and O–H groups in total. The fraction of sp³-hybridized carbons (Fsp3) is 0.348. The van der Waals surface area contributed by atoms with Gasteiger partial charge in [0.1, 0.15) is 5.69 Å². The minimum atomic E-state index is 0.590. The molecule has 3 aromatic rings. The van der Waals surface area contributed by atoms with Gasteiger partial charge in [-0.05, 0) is 30.0 Å². The van der Waals surface area contributed by atoms with Crippen LogP contribution in [-0.2, 0) is 0 Å². The summed E-state index contributed by atoms with van der Waals surface area (Å²) in [6, 6.07) is 17.8. The van der Waals surface area contributed by atoms with Crippen LogP contribution in [0.2, 0.25) is 0 Å². The third-order valence-electron chi connectivity index (χ3n) is 4.51. The Hall–Kier alpha value is -2.75. The molecule has 0 amide bonds. The Morgan fingerprint density at radius 2 is 1.63 bits per heavy atom. The summed E-state index contributed by atoms with van der Waals surface area (Å²) in [6.07, 6.45) is 9.16. The first kappa shape index (κ1) is 19.0. The van der Waals surface area contributed by atoms with Crippen molar-refractivity contribution in [3.05, 3.63) is 60.8 Å². The molecule has 2 aromatic carbocycles. The van der Waals surface area contributed by atoms with Crippen molar-refractivity contribution >= 4 is 22.3 Å². The lowest BCUT2D eigenvalue weighted by atomic mass is 10.1. The van der Waals surface area contributed by atoms with E-state index in [0.717, 1.165) is 28.6 Å². The zero-order valence-corrected chi connectivity index (χ0v) is 16.0. The molecule has 4 nitrogen and oxygen atoms in total. The first-order chi connectivity index (χ1) is 13.4. The monoisotopic (exact) mass is 361 g/mol. The lowest BCUT2D eigenvalue weighted by molar-refractivity contribution is 0.308. The molecule has 4 heteroatoms. The van der Waals surface area contributed by atoms with E-state index in [1.165, 1.54) is 32.1 Å². The molecular weight excluding hydrogens is 334 g/mol. The number of nitrogens with zero attached hydrogens (tertiary/aromatic N) is 3. The van der Waals surface area contributed by atoms with E-state index in [0.29, 0.717) is 12.4 Å². The highest BCUT2D eigenvalue weighted by atomic mass is 16.5. The predicted molar refractivity (Wildman–Crippen MR) is 111 cm³/mol. The third kappa shape index (κ3) is 5.61. The third-order valence-corrected chi connectivity index (χ3v) is 4.51. The Labute approximate surface area is 161 Å². The van der Waals surface area contributed by atoms with Gasteiger partial charge in [0.25, 0.3) is 0 Å². The van der Waals surface area contributed by atoms with E-state index in [9.17, 15) is 0 Å². The molecule has 0 radical (unpaired) electrons. The van der Waals surface area contributed by atoms with E-state index >= 15 is 0 Å². The summed E-state index contributed by atoms with van der Waals surface area (Å²) in [5, 5.41) is 10.9. The second-order valence-corrected chi connectivity index (χ2v) is 6.64. The maximum absolute atomic E-state index is 6.17. The van der Waals surface area contributed by atoms with Crippen LogP contribution < -0.4 is 4.74 Å². The van der Waals surface area contributed by atoms with E-state index in [1.54, 1.807) is 6.20 Å². The zero-order chi connectivity index (χ0) is 18.7. The Kier molecular flexibility index (Phi) is 7.34. The number of hydrogen-bond donors (Lipinski definition) is 0. The number of pyridine rings is 1. The summed E-state index contributed by atoms with van der Waals surface area (Å²) in [4.78, 5) is 4.20. The maximum Gasteiger partial charge on any atom is 0.174 e. The van der Waals surface area contributed by atoms with E-state index in [-0.39, 0.29) is 0 Å². The normalized spacial score (nSPS) is 11.3. The second-order valence-electron chi connectivity index (χ2n) is 6.64. The van der Waals surface area contributed by atoms with Crippen molar-refractivity contribution in [2.24, 2.45) is 10.2 Å². The van der Waals surface area contributed by atoms with Crippen LogP contribution in [0.3, 0.4) is 0 Å². The van der Waals surface area contributed by atoms with Crippen molar-refractivity contribution in [2.75, 3.05) is 6.61 Å². The number of aromatic nitrogens is 1. The Morgan fingerprint density at radius 3 is 2.48 bits per heavy atom. The standard InChI is InChI=1S/C23H27N3O/c1-2-3-4-5-6-11-18-27-23-20-13-8-7-12-19(20)15-16-21(23)25-26-22-14-9-10-17-24-22/h7-10,12-17H,2-6,11,18H2,1H3. The van der Waals surface area contributed by atoms with Crippen molar-refractivity contribution in [3.63, 3.8) is 0 Å². The minimum Gasteiger partial charge on any atom is -0.491 e. The van der Waals surface area contributed by atoms with Gasteiger partial charge in [0.15, 0.2) is 11.6 Å². The highest BCUT2D eigenvalue weighted by Gasteiger charge is 2.09. The van der Waals surface area contributed by atoms with E-state index < -0.39 is 0 Å². The van der Waals surface area contributed by atoms with Crippen LogP contribution >= 0.6 is 0 Å².